The summed E-state index contributed by atoms with van der Waals surface area (Å²) in [5.41, 5.74) is 2.33. The molecule has 2 heterocycles. The van der Waals surface area contributed by atoms with E-state index in [-0.39, 0.29) is 0 Å². The number of nitrogens with zero attached hydrogens (tertiary/aromatic N) is 3. The summed E-state index contributed by atoms with van der Waals surface area (Å²) in [6, 6.07) is 8.37. The molecule has 1 N–H and O–H groups in total. The van der Waals surface area contributed by atoms with Crippen LogP contribution in [0.4, 0.5) is 0 Å². The average Bonchev–Trinajstić information content (AvgIpc) is 3.05. The molecule has 108 valence electrons. The van der Waals surface area contributed by atoms with Crippen LogP contribution >= 0.6 is 0 Å². The number of rotatable bonds is 5. The summed E-state index contributed by atoms with van der Waals surface area (Å²) in [6.07, 6.45) is 2.22. The van der Waals surface area contributed by atoms with Gasteiger partial charge in [-0.15, -0.1) is 0 Å². The summed E-state index contributed by atoms with van der Waals surface area (Å²) in [7, 11) is 0. The lowest BCUT2D eigenvalue weighted by molar-refractivity contribution is 0.218. The standard InChI is InChI=1S/C16H23N3O/c1-2-8-19-15-6-4-3-5-14(15)17-16(19)11-18-9-7-13(10-18)12-20/h3-6,13,20H,2,7-12H2,1H3. The van der Waals surface area contributed by atoms with E-state index in [0.29, 0.717) is 12.5 Å². The number of aliphatic hydroxyl groups excluding tert-OH is 1. The zero-order valence-electron chi connectivity index (χ0n) is 12.1. The Morgan fingerprint density at radius 1 is 1.35 bits per heavy atom. The Bertz CT molecular complexity index is 578. The van der Waals surface area contributed by atoms with Gasteiger partial charge in [-0.2, -0.15) is 0 Å². The Labute approximate surface area is 120 Å². The molecule has 1 unspecified atom stereocenters. The van der Waals surface area contributed by atoms with Gasteiger partial charge in [-0.25, -0.2) is 4.98 Å². The quantitative estimate of drug-likeness (QED) is 0.908. The minimum absolute atomic E-state index is 0.307. The van der Waals surface area contributed by atoms with Crippen molar-refractivity contribution in [2.24, 2.45) is 5.92 Å². The zero-order chi connectivity index (χ0) is 13.9. The van der Waals surface area contributed by atoms with Gasteiger partial charge in [0.1, 0.15) is 5.82 Å². The Kier molecular flexibility index (Phi) is 4.03. The van der Waals surface area contributed by atoms with Crippen LogP contribution < -0.4 is 0 Å². The SMILES string of the molecule is CCCn1c(CN2CCC(CO)C2)nc2ccccc21. The van der Waals surface area contributed by atoms with E-state index in [1.165, 1.54) is 5.52 Å². The summed E-state index contributed by atoms with van der Waals surface area (Å²) in [5.74, 6) is 1.60. The van der Waals surface area contributed by atoms with Gasteiger partial charge in [-0.05, 0) is 37.4 Å². The molecule has 4 nitrogen and oxygen atoms in total. The first-order valence-corrected chi connectivity index (χ1v) is 7.59. The molecule has 0 aliphatic carbocycles. The lowest BCUT2D eigenvalue weighted by Gasteiger charge is -2.16. The molecule has 0 bridgehead atoms. The highest BCUT2D eigenvalue weighted by atomic mass is 16.3. The van der Waals surface area contributed by atoms with Crippen molar-refractivity contribution >= 4 is 11.0 Å². The Balaban J connectivity index is 1.85. The molecular formula is C16H23N3O. The lowest BCUT2D eigenvalue weighted by atomic mass is 10.1. The number of hydrogen-bond donors (Lipinski definition) is 1. The minimum atomic E-state index is 0.307. The van der Waals surface area contributed by atoms with E-state index in [9.17, 15) is 5.11 Å². The van der Waals surface area contributed by atoms with Crippen LogP contribution in [0.1, 0.15) is 25.6 Å². The number of para-hydroxylation sites is 2. The van der Waals surface area contributed by atoms with Crippen LogP contribution in [-0.2, 0) is 13.1 Å². The predicted octanol–water partition coefficient (Wildman–Crippen LogP) is 2.26. The second-order valence-electron chi connectivity index (χ2n) is 5.74. The molecule has 1 aromatic carbocycles. The van der Waals surface area contributed by atoms with Gasteiger partial charge in [0.15, 0.2) is 0 Å². The van der Waals surface area contributed by atoms with Gasteiger partial charge < -0.3 is 9.67 Å². The van der Waals surface area contributed by atoms with Gasteiger partial charge >= 0.3 is 0 Å². The molecule has 1 aliphatic heterocycles. The van der Waals surface area contributed by atoms with Crippen LogP contribution in [-0.4, -0.2) is 39.3 Å². The third kappa shape index (κ3) is 2.58. The highest BCUT2D eigenvalue weighted by Gasteiger charge is 2.23. The highest BCUT2D eigenvalue weighted by Crippen LogP contribution is 2.21. The fourth-order valence-corrected chi connectivity index (χ4v) is 3.12. The third-order valence-electron chi connectivity index (χ3n) is 4.17. The average molecular weight is 273 g/mol. The zero-order valence-corrected chi connectivity index (χ0v) is 12.1. The molecule has 1 aliphatic rings. The Hall–Kier alpha value is -1.39. The van der Waals surface area contributed by atoms with Crippen LogP contribution in [0.2, 0.25) is 0 Å². The second kappa shape index (κ2) is 5.94. The molecule has 1 fully saturated rings. The molecule has 0 spiro atoms. The van der Waals surface area contributed by atoms with Crippen molar-refractivity contribution in [2.75, 3.05) is 19.7 Å². The van der Waals surface area contributed by atoms with Crippen molar-refractivity contribution < 1.29 is 5.11 Å². The van der Waals surface area contributed by atoms with Crippen molar-refractivity contribution in [1.29, 1.82) is 0 Å². The number of likely N-dealkylation sites (tertiary alicyclic amines) is 1. The van der Waals surface area contributed by atoms with Crippen molar-refractivity contribution in [3.63, 3.8) is 0 Å². The lowest BCUT2D eigenvalue weighted by Crippen LogP contribution is -2.23. The number of fused-ring (bicyclic) bond motifs is 1. The van der Waals surface area contributed by atoms with E-state index in [0.717, 1.165) is 50.4 Å². The molecular weight excluding hydrogens is 250 g/mol. The van der Waals surface area contributed by atoms with Crippen molar-refractivity contribution in [1.82, 2.24) is 14.5 Å². The van der Waals surface area contributed by atoms with E-state index in [1.807, 2.05) is 6.07 Å². The van der Waals surface area contributed by atoms with Gasteiger partial charge in [-0.1, -0.05) is 19.1 Å². The number of imidazole rings is 1. The smallest absolute Gasteiger partial charge is 0.124 e. The molecule has 0 radical (unpaired) electrons. The second-order valence-corrected chi connectivity index (χ2v) is 5.74. The van der Waals surface area contributed by atoms with Crippen molar-refractivity contribution in [3.05, 3.63) is 30.1 Å². The van der Waals surface area contributed by atoms with E-state index >= 15 is 0 Å². The fraction of sp³-hybridized carbons (Fsp3) is 0.562. The van der Waals surface area contributed by atoms with Gasteiger partial charge in [0, 0.05) is 19.7 Å². The minimum Gasteiger partial charge on any atom is -0.396 e. The molecule has 0 amide bonds. The predicted molar refractivity (Wildman–Crippen MR) is 80.5 cm³/mol. The molecule has 2 aromatic rings. The fourth-order valence-electron chi connectivity index (χ4n) is 3.12. The number of aliphatic hydroxyl groups is 1. The number of aryl methyl sites for hydroxylation is 1. The molecule has 1 atom stereocenters. The van der Waals surface area contributed by atoms with Crippen LogP contribution in [0.25, 0.3) is 11.0 Å². The number of hydrogen-bond acceptors (Lipinski definition) is 3. The molecule has 1 aromatic heterocycles. The molecule has 1 saturated heterocycles. The maximum absolute atomic E-state index is 9.26. The van der Waals surface area contributed by atoms with Gasteiger partial charge in [0.2, 0.25) is 0 Å². The van der Waals surface area contributed by atoms with Crippen molar-refractivity contribution in [2.45, 2.75) is 32.9 Å². The number of aromatic nitrogens is 2. The van der Waals surface area contributed by atoms with Crippen LogP contribution in [0, 0.1) is 5.92 Å². The molecule has 4 heteroatoms. The molecule has 0 saturated carbocycles. The first kappa shape index (κ1) is 13.6. The molecule has 20 heavy (non-hydrogen) atoms. The summed E-state index contributed by atoms with van der Waals surface area (Å²) in [6.45, 7) is 6.49. The highest BCUT2D eigenvalue weighted by molar-refractivity contribution is 5.75. The number of benzene rings is 1. The Morgan fingerprint density at radius 3 is 2.95 bits per heavy atom. The maximum atomic E-state index is 9.26. The van der Waals surface area contributed by atoms with E-state index in [1.54, 1.807) is 0 Å². The topological polar surface area (TPSA) is 41.3 Å². The first-order valence-electron chi connectivity index (χ1n) is 7.59. The third-order valence-corrected chi connectivity index (χ3v) is 4.17. The summed E-state index contributed by atoms with van der Waals surface area (Å²) < 4.78 is 2.35. The maximum Gasteiger partial charge on any atom is 0.124 e. The normalized spacial score (nSPS) is 20.0. The van der Waals surface area contributed by atoms with Crippen molar-refractivity contribution in [3.8, 4) is 0 Å². The van der Waals surface area contributed by atoms with Crippen LogP contribution in [0.3, 0.4) is 0 Å². The summed E-state index contributed by atoms with van der Waals surface area (Å²) >= 11 is 0. The Morgan fingerprint density at radius 2 is 2.20 bits per heavy atom. The van der Waals surface area contributed by atoms with E-state index < -0.39 is 0 Å². The molecule has 3 rings (SSSR count). The van der Waals surface area contributed by atoms with Gasteiger partial charge in [-0.3, -0.25) is 4.90 Å². The summed E-state index contributed by atoms with van der Waals surface area (Å²) in [4.78, 5) is 7.22. The largest absolute Gasteiger partial charge is 0.396 e. The van der Waals surface area contributed by atoms with E-state index in [2.05, 4.69) is 34.6 Å². The van der Waals surface area contributed by atoms with Crippen LogP contribution in [0.15, 0.2) is 24.3 Å². The summed E-state index contributed by atoms with van der Waals surface area (Å²) in [5, 5.41) is 9.26. The van der Waals surface area contributed by atoms with Gasteiger partial charge in [0.25, 0.3) is 0 Å². The van der Waals surface area contributed by atoms with E-state index in [4.69, 9.17) is 4.98 Å². The van der Waals surface area contributed by atoms with Gasteiger partial charge in [0.05, 0.1) is 17.6 Å². The first-order chi connectivity index (χ1) is 9.81. The monoisotopic (exact) mass is 273 g/mol. The van der Waals surface area contributed by atoms with Crippen LogP contribution in [0.5, 0.6) is 0 Å².